The molecule has 0 aliphatic rings. The molecule has 0 spiro atoms. The van der Waals surface area contributed by atoms with Gasteiger partial charge in [0.15, 0.2) is 4.96 Å². The number of aromatic nitrogens is 4. The van der Waals surface area contributed by atoms with Crippen molar-refractivity contribution < 1.29 is 9.53 Å². The number of hydrogen-bond acceptors (Lipinski definition) is 5. The predicted molar refractivity (Wildman–Crippen MR) is 138 cm³/mol. The summed E-state index contributed by atoms with van der Waals surface area (Å²) in [6, 6.07) is 21.4. The van der Waals surface area contributed by atoms with Crippen molar-refractivity contribution in [2.45, 2.75) is 6.92 Å². The summed E-state index contributed by atoms with van der Waals surface area (Å²) < 4.78 is 9.17. The molecular formula is C27H21N5O2S. The van der Waals surface area contributed by atoms with E-state index >= 15 is 0 Å². The Morgan fingerprint density at radius 2 is 1.74 bits per heavy atom. The Balaban J connectivity index is 1.30. The van der Waals surface area contributed by atoms with Crippen molar-refractivity contribution in [3.8, 4) is 28.3 Å². The molecule has 0 bridgehead atoms. The first-order chi connectivity index (χ1) is 17.1. The van der Waals surface area contributed by atoms with E-state index in [2.05, 4.69) is 5.32 Å². The van der Waals surface area contributed by atoms with Gasteiger partial charge in [0.1, 0.15) is 16.3 Å². The van der Waals surface area contributed by atoms with Crippen molar-refractivity contribution in [1.29, 1.82) is 0 Å². The molecule has 7 nitrogen and oxygen atoms in total. The van der Waals surface area contributed by atoms with Crippen LogP contribution >= 0.6 is 11.3 Å². The lowest BCUT2D eigenvalue weighted by molar-refractivity contribution is 0.102. The van der Waals surface area contributed by atoms with Crippen LogP contribution < -0.4 is 10.1 Å². The van der Waals surface area contributed by atoms with Crippen LogP contribution in [0.5, 0.6) is 5.75 Å². The van der Waals surface area contributed by atoms with Gasteiger partial charge >= 0.3 is 0 Å². The number of methoxy groups -OCH3 is 1. The molecule has 0 aliphatic carbocycles. The van der Waals surface area contributed by atoms with Crippen LogP contribution in [0.3, 0.4) is 0 Å². The molecule has 2 aromatic carbocycles. The number of ether oxygens (including phenoxy) is 1. The number of anilines is 1. The molecule has 0 saturated carbocycles. The number of para-hydroxylation sites is 1. The van der Waals surface area contributed by atoms with Crippen molar-refractivity contribution in [2.75, 3.05) is 12.4 Å². The number of imidazole rings is 2. The molecule has 1 amide bonds. The topological polar surface area (TPSA) is 72.9 Å². The zero-order chi connectivity index (χ0) is 23.9. The molecule has 0 saturated heterocycles. The van der Waals surface area contributed by atoms with Gasteiger partial charge in [-0.2, -0.15) is 0 Å². The van der Waals surface area contributed by atoms with Gasteiger partial charge in [-0.25, -0.2) is 9.97 Å². The van der Waals surface area contributed by atoms with Gasteiger partial charge in [0, 0.05) is 35.4 Å². The van der Waals surface area contributed by atoms with Crippen LogP contribution in [0.1, 0.15) is 15.4 Å². The zero-order valence-corrected chi connectivity index (χ0v) is 19.9. The lowest BCUT2D eigenvalue weighted by Gasteiger charge is -2.09. The Bertz CT molecular complexity index is 1660. The van der Waals surface area contributed by atoms with Crippen LogP contribution in [-0.2, 0) is 0 Å². The van der Waals surface area contributed by atoms with Crippen molar-refractivity contribution in [2.24, 2.45) is 0 Å². The number of rotatable bonds is 5. The molecule has 0 radical (unpaired) electrons. The quantitative estimate of drug-likeness (QED) is 0.332. The van der Waals surface area contributed by atoms with Crippen LogP contribution in [0.2, 0.25) is 0 Å². The third-order valence-corrected chi connectivity index (χ3v) is 7.12. The first-order valence-corrected chi connectivity index (χ1v) is 11.9. The number of thiazole rings is 1. The van der Waals surface area contributed by atoms with Crippen LogP contribution in [0, 0.1) is 6.92 Å². The molecule has 6 aromatic rings. The van der Waals surface area contributed by atoms with Crippen LogP contribution in [0.4, 0.5) is 5.69 Å². The number of carbonyl (C=O) groups excluding carboxylic acids is 1. The van der Waals surface area contributed by atoms with Crippen LogP contribution in [0.15, 0.2) is 85.3 Å². The first-order valence-electron chi connectivity index (χ1n) is 11.1. The van der Waals surface area contributed by atoms with Crippen molar-refractivity contribution >= 4 is 33.5 Å². The molecule has 0 aliphatic heterocycles. The summed E-state index contributed by atoms with van der Waals surface area (Å²) >= 11 is 1.38. The standard InChI is InChI=1S/C27H21N5O2S/c1-17-25(35-27-30-22(16-32(17)27)18-10-12-19(34-2)13-11-18)26(33)29-21-8-4-3-7-20(21)23-15-31-14-6-5-9-24(31)28-23/h3-16H,1-2H3,(H,29,33). The third-order valence-electron chi connectivity index (χ3n) is 5.96. The number of amides is 1. The fourth-order valence-electron chi connectivity index (χ4n) is 4.12. The maximum absolute atomic E-state index is 13.3. The van der Waals surface area contributed by atoms with Gasteiger partial charge in [0.05, 0.1) is 24.2 Å². The minimum atomic E-state index is -0.166. The Morgan fingerprint density at radius 3 is 2.51 bits per heavy atom. The number of hydrogen-bond donors (Lipinski definition) is 1. The van der Waals surface area contributed by atoms with E-state index in [0.29, 0.717) is 10.6 Å². The second-order valence-electron chi connectivity index (χ2n) is 8.12. The first kappa shape index (κ1) is 21.1. The molecule has 4 aromatic heterocycles. The monoisotopic (exact) mass is 479 g/mol. The Morgan fingerprint density at radius 1 is 0.943 bits per heavy atom. The van der Waals surface area contributed by atoms with Crippen molar-refractivity contribution in [1.82, 2.24) is 18.8 Å². The number of benzene rings is 2. The fraction of sp³-hybridized carbons (Fsp3) is 0.0741. The number of aryl methyl sites for hydroxylation is 1. The molecule has 8 heteroatoms. The van der Waals surface area contributed by atoms with E-state index in [1.807, 2.05) is 101 Å². The van der Waals surface area contributed by atoms with E-state index in [1.54, 1.807) is 7.11 Å². The van der Waals surface area contributed by atoms with Crippen molar-refractivity contribution in [3.05, 3.63) is 95.9 Å². The Kier molecular flexibility index (Phi) is 5.08. The second kappa shape index (κ2) is 8.41. The summed E-state index contributed by atoms with van der Waals surface area (Å²) in [6.07, 6.45) is 5.88. The average Bonchev–Trinajstić information content (AvgIpc) is 3.58. The third kappa shape index (κ3) is 3.74. The molecule has 0 fully saturated rings. The van der Waals surface area contributed by atoms with Gasteiger partial charge in [-0.3, -0.25) is 9.20 Å². The summed E-state index contributed by atoms with van der Waals surface area (Å²) in [5, 5.41) is 3.09. The maximum atomic E-state index is 13.3. The van der Waals surface area contributed by atoms with E-state index in [0.717, 1.165) is 44.6 Å². The normalized spacial score (nSPS) is 11.3. The van der Waals surface area contributed by atoms with E-state index < -0.39 is 0 Å². The number of nitrogens with one attached hydrogen (secondary N) is 1. The highest BCUT2D eigenvalue weighted by Crippen LogP contribution is 2.31. The van der Waals surface area contributed by atoms with E-state index in [1.165, 1.54) is 11.3 Å². The summed E-state index contributed by atoms with van der Waals surface area (Å²) in [4.78, 5) is 24.2. The van der Waals surface area contributed by atoms with E-state index in [4.69, 9.17) is 14.7 Å². The molecule has 0 unspecified atom stereocenters. The van der Waals surface area contributed by atoms with Gasteiger partial charge in [-0.05, 0) is 49.4 Å². The SMILES string of the molecule is COc1ccc(-c2cn3c(C)c(C(=O)Nc4ccccc4-c4cn5ccccc5n4)sc3n2)cc1. The number of carbonyl (C=O) groups is 1. The number of nitrogens with zero attached hydrogens (tertiary/aromatic N) is 4. The minimum absolute atomic E-state index is 0.166. The van der Waals surface area contributed by atoms with Gasteiger partial charge < -0.3 is 14.5 Å². The largest absolute Gasteiger partial charge is 0.497 e. The van der Waals surface area contributed by atoms with E-state index in [9.17, 15) is 4.79 Å². The second-order valence-corrected chi connectivity index (χ2v) is 9.09. The van der Waals surface area contributed by atoms with Gasteiger partial charge in [0.2, 0.25) is 0 Å². The molecule has 172 valence electrons. The molecule has 1 N–H and O–H groups in total. The highest BCUT2D eigenvalue weighted by atomic mass is 32.1. The lowest BCUT2D eigenvalue weighted by atomic mass is 10.1. The minimum Gasteiger partial charge on any atom is -0.497 e. The van der Waals surface area contributed by atoms with Crippen molar-refractivity contribution in [3.63, 3.8) is 0 Å². The van der Waals surface area contributed by atoms with Gasteiger partial charge in [-0.15, -0.1) is 0 Å². The highest BCUT2D eigenvalue weighted by molar-refractivity contribution is 7.19. The molecular weight excluding hydrogens is 458 g/mol. The predicted octanol–water partition coefficient (Wildman–Crippen LogP) is 5.95. The smallest absolute Gasteiger partial charge is 0.267 e. The summed E-state index contributed by atoms with van der Waals surface area (Å²) in [5.41, 5.74) is 5.93. The molecule has 0 atom stereocenters. The Labute approximate surface area is 205 Å². The number of pyridine rings is 1. The summed E-state index contributed by atoms with van der Waals surface area (Å²) in [6.45, 7) is 1.94. The van der Waals surface area contributed by atoms with Crippen LogP contribution in [0.25, 0.3) is 33.1 Å². The van der Waals surface area contributed by atoms with Crippen LogP contribution in [-0.4, -0.2) is 31.8 Å². The Hall–Kier alpha value is -4.43. The maximum Gasteiger partial charge on any atom is 0.267 e. The fourth-order valence-corrected chi connectivity index (χ4v) is 5.12. The number of fused-ring (bicyclic) bond motifs is 2. The zero-order valence-electron chi connectivity index (χ0n) is 19.1. The van der Waals surface area contributed by atoms with E-state index in [-0.39, 0.29) is 5.91 Å². The highest BCUT2D eigenvalue weighted by Gasteiger charge is 2.20. The molecule has 35 heavy (non-hydrogen) atoms. The molecule has 6 rings (SSSR count). The summed E-state index contributed by atoms with van der Waals surface area (Å²) in [7, 11) is 1.65. The summed E-state index contributed by atoms with van der Waals surface area (Å²) in [5.74, 6) is 0.633. The average molecular weight is 480 g/mol. The lowest BCUT2D eigenvalue weighted by Crippen LogP contribution is -2.12. The molecule has 4 heterocycles. The van der Waals surface area contributed by atoms with Gasteiger partial charge in [-0.1, -0.05) is 35.6 Å². The van der Waals surface area contributed by atoms with Gasteiger partial charge in [0.25, 0.3) is 5.91 Å².